The second kappa shape index (κ2) is 6.79. The molecule has 1 saturated heterocycles. The van der Waals surface area contributed by atoms with Crippen LogP contribution in [0.3, 0.4) is 0 Å². The molecule has 0 spiro atoms. The Labute approximate surface area is 159 Å². The maximum Gasteiger partial charge on any atom is 0.228 e. The number of nitrogens with one attached hydrogen (secondary N) is 2. The molecule has 1 aliphatic carbocycles. The maximum absolute atomic E-state index is 12.2. The first-order chi connectivity index (χ1) is 12.9. The van der Waals surface area contributed by atoms with Gasteiger partial charge >= 0.3 is 0 Å². The van der Waals surface area contributed by atoms with Crippen molar-refractivity contribution in [1.29, 1.82) is 0 Å². The molecule has 9 heteroatoms. The molecule has 1 aliphatic heterocycles. The number of sulfonamides is 1. The van der Waals surface area contributed by atoms with Crippen LogP contribution in [0.15, 0.2) is 18.3 Å². The molecule has 4 rings (SSSR count). The van der Waals surface area contributed by atoms with E-state index >= 15 is 0 Å². The fraction of sp³-hybridized carbons (Fsp3) is 0.556. The molecule has 1 atom stereocenters. The highest BCUT2D eigenvalue weighted by molar-refractivity contribution is 7.89. The molecule has 0 aromatic carbocycles. The predicted molar refractivity (Wildman–Crippen MR) is 105 cm³/mol. The van der Waals surface area contributed by atoms with Crippen molar-refractivity contribution in [3.8, 4) is 0 Å². The average molecular weight is 391 g/mol. The van der Waals surface area contributed by atoms with Gasteiger partial charge in [0.1, 0.15) is 11.5 Å². The highest BCUT2D eigenvalue weighted by Crippen LogP contribution is 2.34. The van der Waals surface area contributed by atoms with Gasteiger partial charge in [-0.05, 0) is 32.3 Å². The fourth-order valence-electron chi connectivity index (χ4n) is 3.61. The molecule has 1 unspecified atom stereocenters. The Morgan fingerprint density at radius 3 is 2.89 bits per heavy atom. The van der Waals surface area contributed by atoms with Gasteiger partial charge in [0.05, 0.1) is 11.4 Å². The van der Waals surface area contributed by atoms with Gasteiger partial charge in [0.15, 0.2) is 0 Å². The van der Waals surface area contributed by atoms with Crippen LogP contribution in [0, 0.1) is 5.92 Å². The SMILES string of the molecule is CCS(=O)(=O)N(C)C1CCN(c2cc(NC(=O)C3CC3)nc3[nH]ccc23)C1. The van der Waals surface area contributed by atoms with Crippen LogP contribution in [0.2, 0.25) is 0 Å². The number of anilines is 2. The standard InChI is InChI=1S/C18H25N5O3S/c1-3-27(25,26)22(2)13-7-9-23(11-13)15-10-16(21-18(24)12-4-5-12)20-17-14(15)6-8-19-17/h6,8,10,12-13H,3-5,7,9,11H2,1-2H3,(H2,19,20,21,24). The van der Waals surface area contributed by atoms with Crippen molar-refractivity contribution in [2.75, 3.05) is 36.1 Å². The van der Waals surface area contributed by atoms with E-state index in [2.05, 4.69) is 20.2 Å². The number of hydrogen-bond acceptors (Lipinski definition) is 5. The molecule has 2 fully saturated rings. The lowest BCUT2D eigenvalue weighted by Gasteiger charge is -2.25. The highest BCUT2D eigenvalue weighted by atomic mass is 32.2. The van der Waals surface area contributed by atoms with E-state index in [4.69, 9.17) is 0 Å². The zero-order valence-electron chi connectivity index (χ0n) is 15.6. The largest absolute Gasteiger partial charge is 0.369 e. The first-order valence-corrected chi connectivity index (χ1v) is 11.0. The van der Waals surface area contributed by atoms with Gasteiger partial charge < -0.3 is 15.2 Å². The van der Waals surface area contributed by atoms with Crippen molar-refractivity contribution < 1.29 is 13.2 Å². The number of hydrogen-bond donors (Lipinski definition) is 2. The van der Waals surface area contributed by atoms with Crippen LogP contribution in [0.5, 0.6) is 0 Å². The van der Waals surface area contributed by atoms with Gasteiger partial charge in [-0.15, -0.1) is 0 Å². The Morgan fingerprint density at radius 1 is 1.41 bits per heavy atom. The Bertz CT molecular complexity index is 967. The zero-order chi connectivity index (χ0) is 19.2. The summed E-state index contributed by atoms with van der Waals surface area (Å²) >= 11 is 0. The van der Waals surface area contributed by atoms with Crippen molar-refractivity contribution in [1.82, 2.24) is 14.3 Å². The Balaban J connectivity index is 1.59. The predicted octanol–water partition coefficient (Wildman–Crippen LogP) is 1.77. The zero-order valence-corrected chi connectivity index (χ0v) is 16.4. The number of pyridine rings is 1. The molecule has 2 aliphatic rings. The Hall–Kier alpha value is -2.13. The van der Waals surface area contributed by atoms with Gasteiger partial charge in [-0.1, -0.05) is 0 Å². The minimum absolute atomic E-state index is 0.0208. The van der Waals surface area contributed by atoms with E-state index in [0.717, 1.165) is 42.5 Å². The van der Waals surface area contributed by atoms with Crippen molar-refractivity contribution >= 4 is 38.5 Å². The van der Waals surface area contributed by atoms with Gasteiger partial charge in [-0.3, -0.25) is 4.79 Å². The van der Waals surface area contributed by atoms with Crippen molar-refractivity contribution in [2.45, 2.75) is 32.2 Å². The van der Waals surface area contributed by atoms with Crippen LogP contribution in [0.25, 0.3) is 11.0 Å². The van der Waals surface area contributed by atoms with Crippen LogP contribution >= 0.6 is 0 Å². The van der Waals surface area contributed by atoms with Crippen molar-refractivity contribution in [3.05, 3.63) is 18.3 Å². The molecule has 2 aromatic heterocycles. The van der Waals surface area contributed by atoms with E-state index in [0.29, 0.717) is 12.4 Å². The molecule has 0 bridgehead atoms. The van der Waals surface area contributed by atoms with Crippen LogP contribution < -0.4 is 10.2 Å². The molecule has 2 aromatic rings. The summed E-state index contributed by atoms with van der Waals surface area (Å²) in [4.78, 5) is 21.9. The highest BCUT2D eigenvalue weighted by Gasteiger charge is 2.33. The Kier molecular flexibility index (Phi) is 4.59. The second-order valence-corrected chi connectivity index (χ2v) is 9.65. The molecule has 8 nitrogen and oxygen atoms in total. The maximum atomic E-state index is 12.2. The van der Waals surface area contributed by atoms with Gasteiger partial charge in [-0.2, -0.15) is 0 Å². The van der Waals surface area contributed by atoms with E-state index in [9.17, 15) is 13.2 Å². The number of H-pyrrole nitrogens is 1. The van der Waals surface area contributed by atoms with Gasteiger partial charge in [-0.25, -0.2) is 17.7 Å². The fourth-order valence-corrected chi connectivity index (χ4v) is 4.64. The average Bonchev–Trinajstić information content (AvgIpc) is 3.21. The van der Waals surface area contributed by atoms with Crippen LogP contribution in [-0.2, 0) is 14.8 Å². The van der Waals surface area contributed by atoms with Gasteiger partial charge in [0.25, 0.3) is 0 Å². The molecule has 146 valence electrons. The van der Waals surface area contributed by atoms with Gasteiger partial charge in [0.2, 0.25) is 15.9 Å². The number of nitrogens with zero attached hydrogens (tertiary/aromatic N) is 3. The summed E-state index contributed by atoms with van der Waals surface area (Å²) in [6.07, 6.45) is 4.48. The summed E-state index contributed by atoms with van der Waals surface area (Å²) in [6.45, 7) is 3.05. The quantitative estimate of drug-likeness (QED) is 0.782. The van der Waals surface area contributed by atoms with Crippen LogP contribution in [0.4, 0.5) is 11.5 Å². The van der Waals surface area contributed by atoms with E-state index in [1.165, 1.54) is 4.31 Å². The molecular weight excluding hydrogens is 366 g/mol. The summed E-state index contributed by atoms with van der Waals surface area (Å²) in [7, 11) is -1.55. The molecule has 0 radical (unpaired) electrons. The second-order valence-electron chi connectivity index (χ2n) is 7.34. The lowest BCUT2D eigenvalue weighted by atomic mass is 10.2. The third-order valence-electron chi connectivity index (χ3n) is 5.53. The summed E-state index contributed by atoms with van der Waals surface area (Å²) in [6, 6.07) is 3.80. The number of amides is 1. The van der Waals surface area contributed by atoms with Crippen molar-refractivity contribution in [3.63, 3.8) is 0 Å². The molecule has 1 amide bonds. The first-order valence-electron chi connectivity index (χ1n) is 9.38. The number of likely N-dealkylation sites (N-methyl/N-ethyl adjacent to an activating group) is 1. The lowest BCUT2D eigenvalue weighted by molar-refractivity contribution is -0.117. The summed E-state index contributed by atoms with van der Waals surface area (Å²) in [5.74, 6) is 0.773. The Morgan fingerprint density at radius 2 is 2.19 bits per heavy atom. The smallest absolute Gasteiger partial charge is 0.228 e. The van der Waals surface area contributed by atoms with Crippen LogP contribution in [-0.4, -0.2) is 60.5 Å². The van der Waals surface area contributed by atoms with Crippen LogP contribution in [0.1, 0.15) is 26.2 Å². The third kappa shape index (κ3) is 3.53. The van der Waals surface area contributed by atoms with E-state index in [1.807, 2.05) is 18.3 Å². The number of fused-ring (bicyclic) bond motifs is 1. The minimum Gasteiger partial charge on any atom is -0.369 e. The first kappa shape index (κ1) is 18.2. The number of aromatic nitrogens is 2. The molecular formula is C18H25N5O3S. The number of carbonyl (C=O) groups is 1. The number of rotatable bonds is 6. The summed E-state index contributed by atoms with van der Waals surface area (Å²) in [5, 5.41) is 3.89. The van der Waals surface area contributed by atoms with E-state index < -0.39 is 10.0 Å². The number of aromatic amines is 1. The van der Waals surface area contributed by atoms with E-state index in [1.54, 1.807) is 14.0 Å². The topological polar surface area (TPSA) is 98.4 Å². The molecule has 1 saturated carbocycles. The monoisotopic (exact) mass is 391 g/mol. The van der Waals surface area contributed by atoms with Gasteiger partial charge in [0, 0.05) is 49.7 Å². The minimum atomic E-state index is -3.21. The normalized spacial score (nSPS) is 20.6. The number of carbonyl (C=O) groups excluding carboxylic acids is 1. The molecule has 3 heterocycles. The third-order valence-corrected chi connectivity index (χ3v) is 7.43. The van der Waals surface area contributed by atoms with Crippen molar-refractivity contribution in [2.24, 2.45) is 5.92 Å². The molecule has 27 heavy (non-hydrogen) atoms. The lowest BCUT2D eigenvalue weighted by Crippen LogP contribution is -2.39. The summed E-state index contributed by atoms with van der Waals surface area (Å²) in [5.41, 5.74) is 1.69. The van der Waals surface area contributed by atoms with E-state index in [-0.39, 0.29) is 23.6 Å². The molecule has 2 N–H and O–H groups in total. The summed E-state index contributed by atoms with van der Waals surface area (Å²) < 4.78 is 25.9.